The molecule has 8 heteroatoms. The van der Waals surface area contributed by atoms with Crippen molar-refractivity contribution in [3.63, 3.8) is 0 Å². The van der Waals surface area contributed by atoms with Gasteiger partial charge in [0.15, 0.2) is 0 Å². The van der Waals surface area contributed by atoms with E-state index in [1.165, 1.54) is 13.3 Å². The van der Waals surface area contributed by atoms with Crippen molar-refractivity contribution in [2.75, 3.05) is 32.7 Å². The highest BCUT2D eigenvalue weighted by Gasteiger charge is 2.27. The summed E-state index contributed by atoms with van der Waals surface area (Å²) in [4.78, 5) is 8.33. The zero-order valence-electron chi connectivity index (χ0n) is 11.7. The third kappa shape index (κ3) is 3.29. The number of rotatable bonds is 6. The third-order valence-electron chi connectivity index (χ3n) is 3.09. The maximum Gasteiger partial charge on any atom is 0.237 e. The predicted molar refractivity (Wildman–Crippen MR) is 77.5 cm³/mol. The highest BCUT2D eigenvalue weighted by atomic mass is 35.5. The van der Waals surface area contributed by atoms with Crippen molar-refractivity contribution in [2.45, 2.75) is 19.0 Å². The SMILES string of the molecule is COCCN1N=CC(Nc2ncc(Cl)c(OC)n2)C1C. The van der Waals surface area contributed by atoms with E-state index >= 15 is 0 Å². The first-order valence-electron chi connectivity index (χ1n) is 6.28. The molecular formula is C12H18ClN5O2. The fourth-order valence-electron chi connectivity index (χ4n) is 1.89. The molecule has 110 valence electrons. The lowest BCUT2D eigenvalue weighted by atomic mass is 10.2. The average molecular weight is 300 g/mol. The van der Waals surface area contributed by atoms with Gasteiger partial charge in [-0.3, -0.25) is 5.01 Å². The second kappa shape index (κ2) is 6.71. The summed E-state index contributed by atoms with van der Waals surface area (Å²) in [6.45, 7) is 3.46. The van der Waals surface area contributed by atoms with Crippen LogP contribution in [-0.4, -0.2) is 60.6 Å². The fourth-order valence-corrected chi connectivity index (χ4v) is 2.06. The van der Waals surface area contributed by atoms with E-state index in [1.54, 1.807) is 7.11 Å². The van der Waals surface area contributed by atoms with Gasteiger partial charge in [0.1, 0.15) is 5.02 Å². The van der Waals surface area contributed by atoms with Crippen molar-refractivity contribution in [1.82, 2.24) is 15.0 Å². The molecule has 1 N–H and O–H groups in total. The van der Waals surface area contributed by atoms with E-state index in [0.29, 0.717) is 23.5 Å². The Kier molecular flexibility index (Phi) is 4.97. The number of anilines is 1. The number of ether oxygens (including phenoxy) is 2. The minimum Gasteiger partial charge on any atom is -0.480 e. The number of nitrogens with zero attached hydrogens (tertiary/aromatic N) is 4. The van der Waals surface area contributed by atoms with E-state index < -0.39 is 0 Å². The zero-order chi connectivity index (χ0) is 14.5. The second-order valence-corrected chi connectivity index (χ2v) is 4.79. The Hall–Kier alpha value is -1.60. The number of hydrazone groups is 1. The van der Waals surface area contributed by atoms with Crippen molar-refractivity contribution in [3.8, 4) is 5.88 Å². The number of aromatic nitrogens is 2. The van der Waals surface area contributed by atoms with Gasteiger partial charge in [0.05, 0.1) is 38.5 Å². The van der Waals surface area contributed by atoms with E-state index in [2.05, 4.69) is 27.3 Å². The normalized spacial score (nSPS) is 21.3. The van der Waals surface area contributed by atoms with Crippen LogP contribution in [0.1, 0.15) is 6.92 Å². The van der Waals surface area contributed by atoms with Crippen molar-refractivity contribution < 1.29 is 9.47 Å². The van der Waals surface area contributed by atoms with Gasteiger partial charge in [-0.25, -0.2) is 4.98 Å². The smallest absolute Gasteiger partial charge is 0.237 e. The molecule has 2 atom stereocenters. The minimum atomic E-state index is 0.0257. The van der Waals surface area contributed by atoms with Gasteiger partial charge in [-0.1, -0.05) is 11.6 Å². The topological polar surface area (TPSA) is 71.9 Å². The number of halogens is 1. The molecule has 1 aromatic rings. The highest BCUT2D eigenvalue weighted by Crippen LogP contribution is 2.22. The van der Waals surface area contributed by atoms with Crippen LogP contribution in [0.15, 0.2) is 11.3 Å². The second-order valence-electron chi connectivity index (χ2n) is 4.38. The minimum absolute atomic E-state index is 0.0257. The number of nitrogens with one attached hydrogen (secondary N) is 1. The van der Waals surface area contributed by atoms with Crippen molar-refractivity contribution in [1.29, 1.82) is 0 Å². The zero-order valence-corrected chi connectivity index (χ0v) is 12.5. The Labute approximate surface area is 122 Å². The molecule has 0 radical (unpaired) electrons. The first-order chi connectivity index (χ1) is 9.65. The molecule has 1 aliphatic rings. The van der Waals surface area contributed by atoms with Crippen LogP contribution in [0, 0.1) is 0 Å². The lowest BCUT2D eigenvalue weighted by Gasteiger charge is -2.24. The molecule has 2 heterocycles. The Bertz CT molecular complexity index is 485. The largest absolute Gasteiger partial charge is 0.480 e. The first-order valence-corrected chi connectivity index (χ1v) is 6.66. The van der Waals surface area contributed by atoms with Gasteiger partial charge in [-0.15, -0.1) is 0 Å². The van der Waals surface area contributed by atoms with Gasteiger partial charge in [0, 0.05) is 13.3 Å². The van der Waals surface area contributed by atoms with Gasteiger partial charge in [-0.2, -0.15) is 10.1 Å². The summed E-state index contributed by atoms with van der Waals surface area (Å²) in [5.41, 5.74) is 0. The molecule has 1 aliphatic heterocycles. The molecule has 0 saturated carbocycles. The van der Waals surface area contributed by atoms with Crippen LogP contribution in [0.4, 0.5) is 5.95 Å². The van der Waals surface area contributed by atoms with E-state index in [4.69, 9.17) is 21.1 Å². The molecule has 1 aromatic heterocycles. The van der Waals surface area contributed by atoms with Crippen LogP contribution in [-0.2, 0) is 4.74 Å². The fraction of sp³-hybridized carbons (Fsp3) is 0.583. The standard InChI is InChI=1S/C12H18ClN5O2/c1-8-10(7-15-18(8)4-5-19-2)16-12-14-6-9(13)11(17-12)20-3/h6-8,10H,4-5H2,1-3H3,(H,14,16,17). The van der Waals surface area contributed by atoms with Crippen LogP contribution in [0.3, 0.4) is 0 Å². The number of hydrogen-bond donors (Lipinski definition) is 1. The van der Waals surface area contributed by atoms with Gasteiger partial charge in [0.25, 0.3) is 0 Å². The maximum absolute atomic E-state index is 5.90. The Morgan fingerprint density at radius 1 is 1.45 bits per heavy atom. The molecule has 0 spiro atoms. The summed E-state index contributed by atoms with van der Waals surface area (Å²) in [5, 5.41) is 9.90. The predicted octanol–water partition coefficient (Wildman–Crippen LogP) is 1.26. The summed E-state index contributed by atoms with van der Waals surface area (Å²) in [7, 11) is 3.19. The molecule has 7 nitrogen and oxygen atoms in total. The first kappa shape index (κ1) is 14.8. The summed E-state index contributed by atoms with van der Waals surface area (Å²) < 4.78 is 10.1. The summed E-state index contributed by atoms with van der Waals surface area (Å²) in [5.74, 6) is 0.811. The summed E-state index contributed by atoms with van der Waals surface area (Å²) >= 11 is 5.90. The Balaban J connectivity index is 1.99. The molecule has 0 amide bonds. The van der Waals surface area contributed by atoms with E-state index in [9.17, 15) is 0 Å². The Morgan fingerprint density at radius 3 is 2.95 bits per heavy atom. The van der Waals surface area contributed by atoms with E-state index in [0.717, 1.165) is 6.54 Å². The van der Waals surface area contributed by atoms with Crippen LogP contribution < -0.4 is 10.1 Å². The molecule has 20 heavy (non-hydrogen) atoms. The van der Waals surface area contributed by atoms with E-state index in [-0.39, 0.29) is 12.1 Å². The van der Waals surface area contributed by atoms with Crippen molar-refractivity contribution in [2.24, 2.45) is 5.10 Å². The molecule has 2 rings (SSSR count). The van der Waals surface area contributed by atoms with Gasteiger partial charge >= 0.3 is 0 Å². The number of hydrogen-bond acceptors (Lipinski definition) is 7. The summed E-state index contributed by atoms with van der Waals surface area (Å²) in [6.07, 6.45) is 3.35. The third-order valence-corrected chi connectivity index (χ3v) is 3.35. The molecule has 0 aromatic carbocycles. The molecule has 0 bridgehead atoms. The van der Waals surface area contributed by atoms with Crippen LogP contribution in [0.25, 0.3) is 0 Å². The van der Waals surface area contributed by atoms with Gasteiger partial charge < -0.3 is 14.8 Å². The van der Waals surface area contributed by atoms with E-state index in [1.807, 2.05) is 11.2 Å². The van der Waals surface area contributed by atoms with Gasteiger partial charge in [-0.05, 0) is 6.92 Å². The monoisotopic (exact) mass is 299 g/mol. The van der Waals surface area contributed by atoms with Crippen LogP contribution in [0.5, 0.6) is 5.88 Å². The molecular weight excluding hydrogens is 282 g/mol. The molecule has 0 saturated heterocycles. The Morgan fingerprint density at radius 2 is 2.25 bits per heavy atom. The number of methoxy groups -OCH3 is 2. The lowest BCUT2D eigenvalue weighted by molar-refractivity contribution is 0.135. The quantitative estimate of drug-likeness (QED) is 0.852. The molecule has 2 unspecified atom stereocenters. The summed E-state index contributed by atoms with van der Waals surface area (Å²) in [6, 6.07) is 0.216. The molecule has 0 fully saturated rings. The average Bonchev–Trinajstić information content (AvgIpc) is 2.79. The van der Waals surface area contributed by atoms with Crippen molar-refractivity contribution in [3.05, 3.63) is 11.2 Å². The van der Waals surface area contributed by atoms with Crippen LogP contribution in [0.2, 0.25) is 5.02 Å². The highest BCUT2D eigenvalue weighted by molar-refractivity contribution is 6.31. The van der Waals surface area contributed by atoms with Crippen LogP contribution >= 0.6 is 11.6 Å². The molecule has 0 aliphatic carbocycles. The maximum atomic E-state index is 5.90. The van der Waals surface area contributed by atoms with Crippen molar-refractivity contribution >= 4 is 23.8 Å². The van der Waals surface area contributed by atoms with Gasteiger partial charge in [0.2, 0.25) is 11.8 Å². The lowest BCUT2D eigenvalue weighted by Crippen LogP contribution is -2.39.